The summed E-state index contributed by atoms with van der Waals surface area (Å²) in [7, 11) is 0. The Morgan fingerprint density at radius 2 is 2.11 bits per heavy atom. The van der Waals surface area contributed by atoms with Gasteiger partial charge in [-0.25, -0.2) is 9.97 Å². The van der Waals surface area contributed by atoms with Crippen molar-refractivity contribution in [1.82, 2.24) is 9.97 Å². The largest absolute Gasteiger partial charge is 0.366 e. The lowest BCUT2D eigenvalue weighted by Crippen LogP contribution is -2.31. The lowest BCUT2D eigenvalue weighted by atomic mass is 9.87. The van der Waals surface area contributed by atoms with Gasteiger partial charge in [-0.05, 0) is 37.7 Å². The molecule has 1 aliphatic carbocycles. The van der Waals surface area contributed by atoms with Crippen molar-refractivity contribution in [3.05, 3.63) is 16.8 Å². The number of rotatable bonds is 2. The summed E-state index contributed by atoms with van der Waals surface area (Å²) in [6.07, 6.45) is 5.52. The Labute approximate surface area is 118 Å². The van der Waals surface area contributed by atoms with Gasteiger partial charge >= 0.3 is 0 Å². The molecule has 1 fully saturated rings. The minimum atomic E-state index is 0.357. The summed E-state index contributed by atoms with van der Waals surface area (Å²) in [6.45, 7) is 9.02. The van der Waals surface area contributed by atoms with E-state index in [1.807, 2.05) is 0 Å². The first-order valence-electron chi connectivity index (χ1n) is 6.96. The highest BCUT2D eigenvalue weighted by Crippen LogP contribution is 2.40. The molecule has 0 aromatic carbocycles. The van der Waals surface area contributed by atoms with Crippen molar-refractivity contribution >= 4 is 27.4 Å². The van der Waals surface area contributed by atoms with E-state index in [4.69, 9.17) is 0 Å². The van der Waals surface area contributed by atoms with E-state index in [0.29, 0.717) is 11.5 Å². The molecule has 1 saturated carbocycles. The lowest BCUT2D eigenvalue weighted by molar-refractivity contribution is 0.349. The van der Waals surface area contributed by atoms with E-state index in [1.165, 1.54) is 35.1 Å². The zero-order valence-corrected chi connectivity index (χ0v) is 12.9. The Balaban J connectivity index is 2.01. The minimum absolute atomic E-state index is 0.357. The van der Waals surface area contributed by atoms with Gasteiger partial charge in [0.25, 0.3) is 0 Å². The first-order valence-corrected chi connectivity index (χ1v) is 7.78. The number of anilines is 1. The zero-order valence-electron chi connectivity index (χ0n) is 12.1. The number of aryl methyl sites for hydroxylation is 2. The summed E-state index contributed by atoms with van der Waals surface area (Å²) in [5.41, 5.74) is 1.68. The van der Waals surface area contributed by atoms with Crippen LogP contribution in [0.15, 0.2) is 6.33 Å². The Hall–Kier alpha value is -1.16. The standard InChI is InChI=1S/C15H21N3S/c1-9-10(2)19-14-12(9)13(16-8-17-14)18-11-6-5-7-15(11,3)4/h8,11H,5-7H2,1-4H3,(H,16,17,18). The predicted octanol–water partition coefficient (Wildman–Crippen LogP) is 4.30. The van der Waals surface area contributed by atoms with Gasteiger partial charge in [0.05, 0.1) is 5.39 Å². The number of aromatic nitrogens is 2. The average Bonchev–Trinajstić information content (AvgIpc) is 2.82. The molecule has 2 aromatic heterocycles. The summed E-state index contributed by atoms with van der Waals surface area (Å²) in [4.78, 5) is 11.3. The van der Waals surface area contributed by atoms with Gasteiger partial charge in [-0.2, -0.15) is 0 Å². The van der Waals surface area contributed by atoms with Crippen LogP contribution < -0.4 is 5.32 Å². The topological polar surface area (TPSA) is 37.8 Å². The first kappa shape index (κ1) is 12.9. The van der Waals surface area contributed by atoms with Crippen molar-refractivity contribution in [2.45, 2.75) is 53.0 Å². The number of hydrogen-bond acceptors (Lipinski definition) is 4. The van der Waals surface area contributed by atoms with Gasteiger partial charge in [0.2, 0.25) is 0 Å². The second-order valence-electron chi connectivity index (χ2n) is 6.26. The normalized spacial score (nSPS) is 22.0. The number of nitrogens with one attached hydrogen (secondary N) is 1. The molecule has 2 aromatic rings. The van der Waals surface area contributed by atoms with E-state index in [2.05, 4.69) is 43.0 Å². The molecule has 0 bridgehead atoms. The molecule has 0 aliphatic heterocycles. The van der Waals surface area contributed by atoms with Crippen LogP contribution in [0.25, 0.3) is 10.2 Å². The molecule has 0 saturated heterocycles. The molecule has 4 heteroatoms. The van der Waals surface area contributed by atoms with Gasteiger partial charge in [0.1, 0.15) is 17.0 Å². The van der Waals surface area contributed by atoms with Crippen molar-refractivity contribution in [3.63, 3.8) is 0 Å². The highest BCUT2D eigenvalue weighted by atomic mass is 32.1. The highest BCUT2D eigenvalue weighted by molar-refractivity contribution is 7.18. The van der Waals surface area contributed by atoms with Crippen molar-refractivity contribution in [2.24, 2.45) is 5.41 Å². The van der Waals surface area contributed by atoms with Crippen LogP contribution in [0, 0.1) is 19.3 Å². The molecule has 1 atom stereocenters. The lowest BCUT2D eigenvalue weighted by Gasteiger charge is -2.28. The van der Waals surface area contributed by atoms with Crippen LogP contribution >= 0.6 is 11.3 Å². The molecular formula is C15H21N3S. The molecule has 0 radical (unpaired) electrons. The predicted molar refractivity (Wildman–Crippen MR) is 81.9 cm³/mol. The second-order valence-corrected chi connectivity index (χ2v) is 7.47. The second kappa shape index (κ2) is 4.44. The summed E-state index contributed by atoms with van der Waals surface area (Å²) in [5.74, 6) is 1.02. The molecule has 102 valence electrons. The third kappa shape index (κ3) is 2.12. The number of thiophene rings is 1. The van der Waals surface area contributed by atoms with Crippen molar-refractivity contribution in [3.8, 4) is 0 Å². The van der Waals surface area contributed by atoms with Crippen LogP contribution in [0.4, 0.5) is 5.82 Å². The van der Waals surface area contributed by atoms with Crippen molar-refractivity contribution in [2.75, 3.05) is 5.32 Å². The van der Waals surface area contributed by atoms with E-state index >= 15 is 0 Å². The molecule has 2 heterocycles. The summed E-state index contributed by atoms with van der Waals surface area (Å²) in [6, 6.07) is 0.519. The summed E-state index contributed by atoms with van der Waals surface area (Å²) in [5, 5.41) is 4.90. The quantitative estimate of drug-likeness (QED) is 0.888. The monoisotopic (exact) mass is 275 g/mol. The summed E-state index contributed by atoms with van der Waals surface area (Å²) < 4.78 is 0. The van der Waals surface area contributed by atoms with E-state index in [-0.39, 0.29) is 0 Å². The molecule has 0 amide bonds. The SMILES string of the molecule is Cc1sc2ncnc(NC3CCCC3(C)C)c2c1C. The number of hydrogen-bond donors (Lipinski definition) is 1. The van der Waals surface area contributed by atoms with E-state index in [9.17, 15) is 0 Å². The van der Waals surface area contributed by atoms with Gasteiger partial charge in [-0.3, -0.25) is 0 Å². The zero-order chi connectivity index (χ0) is 13.6. The molecule has 3 nitrogen and oxygen atoms in total. The van der Waals surface area contributed by atoms with Crippen molar-refractivity contribution < 1.29 is 0 Å². The number of nitrogens with zero attached hydrogens (tertiary/aromatic N) is 2. The summed E-state index contributed by atoms with van der Waals surface area (Å²) >= 11 is 1.76. The fourth-order valence-electron chi connectivity index (χ4n) is 3.05. The molecular weight excluding hydrogens is 254 g/mol. The van der Waals surface area contributed by atoms with E-state index in [1.54, 1.807) is 17.7 Å². The van der Waals surface area contributed by atoms with Gasteiger partial charge in [-0.15, -0.1) is 11.3 Å². The van der Waals surface area contributed by atoms with E-state index in [0.717, 1.165) is 10.6 Å². The Bertz CT molecular complexity index is 615. The van der Waals surface area contributed by atoms with Crippen LogP contribution in [0.3, 0.4) is 0 Å². The molecule has 3 rings (SSSR count). The smallest absolute Gasteiger partial charge is 0.138 e. The molecule has 1 unspecified atom stereocenters. The van der Waals surface area contributed by atoms with Crippen LogP contribution in [0.1, 0.15) is 43.6 Å². The highest BCUT2D eigenvalue weighted by Gasteiger charge is 2.34. The number of fused-ring (bicyclic) bond motifs is 1. The molecule has 19 heavy (non-hydrogen) atoms. The maximum atomic E-state index is 4.49. The fourth-order valence-corrected chi connectivity index (χ4v) is 4.05. The average molecular weight is 275 g/mol. The minimum Gasteiger partial charge on any atom is -0.366 e. The first-order chi connectivity index (χ1) is 8.99. The van der Waals surface area contributed by atoms with Gasteiger partial charge in [-0.1, -0.05) is 20.3 Å². The van der Waals surface area contributed by atoms with Crippen LogP contribution in [-0.4, -0.2) is 16.0 Å². The fraction of sp³-hybridized carbons (Fsp3) is 0.600. The maximum Gasteiger partial charge on any atom is 0.138 e. The van der Waals surface area contributed by atoms with Crippen molar-refractivity contribution in [1.29, 1.82) is 0 Å². The molecule has 0 spiro atoms. The van der Waals surface area contributed by atoms with E-state index < -0.39 is 0 Å². The van der Waals surface area contributed by atoms with Crippen LogP contribution in [0.2, 0.25) is 0 Å². The van der Waals surface area contributed by atoms with Crippen LogP contribution in [-0.2, 0) is 0 Å². The van der Waals surface area contributed by atoms with Crippen LogP contribution in [0.5, 0.6) is 0 Å². The van der Waals surface area contributed by atoms with Gasteiger partial charge in [0, 0.05) is 10.9 Å². The Kier molecular flexibility index (Phi) is 3.01. The Morgan fingerprint density at radius 3 is 2.79 bits per heavy atom. The third-order valence-corrected chi connectivity index (χ3v) is 5.65. The maximum absolute atomic E-state index is 4.49. The van der Waals surface area contributed by atoms with Gasteiger partial charge in [0.15, 0.2) is 0 Å². The molecule has 1 aliphatic rings. The molecule has 1 N–H and O–H groups in total. The Morgan fingerprint density at radius 1 is 1.32 bits per heavy atom. The third-order valence-electron chi connectivity index (χ3n) is 4.53. The van der Waals surface area contributed by atoms with Gasteiger partial charge < -0.3 is 5.32 Å².